The van der Waals surface area contributed by atoms with Crippen LogP contribution in [0, 0.1) is 13.8 Å². The van der Waals surface area contributed by atoms with E-state index >= 15 is 0 Å². The lowest BCUT2D eigenvalue weighted by Gasteiger charge is -2.27. The minimum Gasteiger partial charge on any atom is -0.481 e. The van der Waals surface area contributed by atoms with Crippen LogP contribution >= 0.6 is 11.6 Å². The summed E-state index contributed by atoms with van der Waals surface area (Å²) in [5.74, 6) is 0.582. The van der Waals surface area contributed by atoms with Crippen molar-refractivity contribution in [2.75, 3.05) is 0 Å². The summed E-state index contributed by atoms with van der Waals surface area (Å²) in [6, 6.07) is 12.1. The van der Waals surface area contributed by atoms with Crippen molar-refractivity contribution < 1.29 is 9.53 Å². The van der Waals surface area contributed by atoms with Crippen LogP contribution in [0.1, 0.15) is 48.1 Å². The van der Waals surface area contributed by atoms with Crippen LogP contribution in [0.5, 0.6) is 5.75 Å². The summed E-state index contributed by atoms with van der Waals surface area (Å²) in [7, 11) is 0. The van der Waals surface area contributed by atoms with Crippen LogP contribution in [0.25, 0.3) is 0 Å². The number of amides is 1. The Labute approximate surface area is 154 Å². The maximum absolute atomic E-state index is 12.6. The second kappa shape index (κ2) is 7.49. The van der Waals surface area contributed by atoms with Gasteiger partial charge in [-0.25, -0.2) is 0 Å². The molecular weight excluding hydrogens is 334 g/mol. The highest BCUT2D eigenvalue weighted by Gasteiger charge is 2.24. The highest BCUT2D eigenvalue weighted by atomic mass is 35.5. The van der Waals surface area contributed by atoms with E-state index in [0.29, 0.717) is 5.75 Å². The lowest BCUT2D eigenvalue weighted by Crippen LogP contribution is -2.39. The minimum absolute atomic E-state index is 0.0668. The second-order valence-electron chi connectivity index (χ2n) is 6.78. The number of nitrogens with one attached hydrogen (secondary N) is 1. The molecule has 2 aromatic rings. The summed E-state index contributed by atoms with van der Waals surface area (Å²) in [4.78, 5) is 12.6. The first-order chi connectivity index (χ1) is 12.0. The Morgan fingerprint density at radius 1 is 1.24 bits per heavy atom. The number of ether oxygens (including phenoxy) is 1. The van der Waals surface area contributed by atoms with Gasteiger partial charge in [-0.05, 0) is 74.4 Å². The smallest absolute Gasteiger partial charge is 0.261 e. The van der Waals surface area contributed by atoms with Gasteiger partial charge in [0.2, 0.25) is 0 Å². The Balaban J connectivity index is 1.68. The van der Waals surface area contributed by atoms with Crippen LogP contribution in [-0.2, 0) is 11.2 Å². The predicted octanol–water partition coefficient (Wildman–Crippen LogP) is 4.92. The van der Waals surface area contributed by atoms with Crippen LogP contribution < -0.4 is 10.1 Å². The zero-order valence-electron chi connectivity index (χ0n) is 14.9. The van der Waals surface area contributed by atoms with Crippen molar-refractivity contribution in [3.05, 3.63) is 63.7 Å². The molecule has 1 aliphatic carbocycles. The fourth-order valence-electron chi connectivity index (χ4n) is 3.42. The first kappa shape index (κ1) is 17.8. The number of carbonyl (C=O) groups is 1. The Morgan fingerprint density at radius 2 is 1.92 bits per heavy atom. The molecule has 1 amide bonds. The minimum atomic E-state index is -0.561. The highest BCUT2D eigenvalue weighted by molar-refractivity contribution is 6.32. The molecule has 0 bridgehead atoms. The number of fused-ring (bicyclic) bond motifs is 1. The molecule has 0 radical (unpaired) electrons. The topological polar surface area (TPSA) is 38.3 Å². The van der Waals surface area contributed by atoms with Crippen molar-refractivity contribution in [2.24, 2.45) is 0 Å². The molecule has 4 heteroatoms. The Kier molecular flexibility index (Phi) is 5.33. The summed E-state index contributed by atoms with van der Waals surface area (Å²) in [5.41, 5.74) is 4.46. The van der Waals surface area contributed by atoms with Gasteiger partial charge in [0.15, 0.2) is 6.10 Å². The Hall–Kier alpha value is -2.00. The van der Waals surface area contributed by atoms with Gasteiger partial charge in [-0.15, -0.1) is 0 Å². The Bertz CT molecular complexity index is 764. The molecule has 0 heterocycles. The quantitative estimate of drug-likeness (QED) is 0.843. The van der Waals surface area contributed by atoms with E-state index in [9.17, 15) is 4.79 Å². The fraction of sp³-hybridized carbons (Fsp3) is 0.381. The van der Waals surface area contributed by atoms with E-state index in [1.54, 1.807) is 6.92 Å². The molecule has 132 valence electrons. The van der Waals surface area contributed by atoms with Gasteiger partial charge in [0.1, 0.15) is 5.75 Å². The molecule has 0 saturated heterocycles. The molecule has 2 atom stereocenters. The summed E-state index contributed by atoms with van der Waals surface area (Å²) in [6.45, 7) is 5.65. The number of hydrogen-bond acceptors (Lipinski definition) is 2. The lowest BCUT2D eigenvalue weighted by molar-refractivity contribution is -0.128. The third-order valence-electron chi connectivity index (χ3n) is 4.78. The third-order valence-corrected chi connectivity index (χ3v) is 5.37. The average molecular weight is 358 g/mol. The van der Waals surface area contributed by atoms with Crippen molar-refractivity contribution in [1.82, 2.24) is 5.32 Å². The van der Waals surface area contributed by atoms with Crippen LogP contribution in [0.3, 0.4) is 0 Å². The van der Waals surface area contributed by atoms with E-state index < -0.39 is 6.10 Å². The lowest BCUT2D eigenvalue weighted by atomic mass is 9.87. The van der Waals surface area contributed by atoms with Crippen LogP contribution in [-0.4, -0.2) is 12.0 Å². The summed E-state index contributed by atoms with van der Waals surface area (Å²) >= 11 is 6.19. The SMILES string of the molecule is Cc1cc(OC(C)C(=O)NC2CCCc3ccccc32)cc(C)c1Cl. The van der Waals surface area contributed by atoms with Crippen LogP contribution in [0.2, 0.25) is 5.02 Å². The second-order valence-corrected chi connectivity index (χ2v) is 7.16. The van der Waals surface area contributed by atoms with Gasteiger partial charge in [-0.1, -0.05) is 35.9 Å². The van der Waals surface area contributed by atoms with E-state index in [1.807, 2.05) is 32.0 Å². The first-order valence-electron chi connectivity index (χ1n) is 8.77. The third kappa shape index (κ3) is 3.98. The zero-order valence-corrected chi connectivity index (χ0v) is 15.7. The van der Waals surface area contributed by atoms with Gasteiger partial charge in [-0.2, -0.15) is 0 Å². The number of aryl methyl sites for hydroxylation is 3. The number of benzene rings is 2. The maximum atomic E-state index is 12.6. The van der Waals surface area contributed by atoms with Crippen molar-refractivity contribution in [1.29, 1.82) is 0 Å². The molecule has 0 aliphatic heterocycles. The Morgan fingerprint density at radius 3 is 2.64 bits per heavy atom. The molecule has 0 aromatic heterocycles. The standard InChI is InChI=1S/C21H24ClNO2/c1-13-11-17(12-14(2)20(13)22)25-15(3)21(24)23-19-10-6-8-16-7-4-5-9-18(16)19/h4-5,7,9,11-12,15,19H,6,8,10H2,1-3H3,(H,23,24). The first-order valence-corrected chi connectivity index (χ1v) is 9.15. The summed E-state index contributed by atoms with van der Waals surface area (Å²) in [6.07, 6.45) is 2.58. The number of rotatable bonds is 4. The molecule has 1 aliphatic rings. The molecule has 0 spiro atoms. The molecule has 2 unspecified atom stereocenters. The van der Waals surface area contributed by atoms with Crippen LogP contribution in [0.15, 0.2) is 36.4 Å². The molecule has 3 nitrogen and oxygen atoms in total. The van der Waals surface area contributed by atoms with Crippen LogP contribution in [0.4, 0.5) is 0 Å². The average Bonchev–Trinajstić information content (AvgIpc) is 2.60. The van der Waals surface area contributed by atoms with Gasteiger partial charge < -0.3 is 10.1 Å². The van der Waals surface area contributed by atoms with Gasteiger partial charge in [0.25, 0.3) is 5.91 Å². The molecule has 3 rings (SSSR count). The van der Waals surface area contributed by atoms with Gasteiger partial charge in [-0.3, -0.25) is 4.79 Å². The van der Waals surface area contributed by atoms with Gasteiger partial charge in [0, 0.05) is 5.02 Å². The van der Waals surface area contributed by atoms with Crippen molar-refractivity contribution in [3.63, 3.8) is 0 Å². The van der Waals surface area contributed by atoms with E-state index in [4.69, 9.17) is 16.3 Å². The predicted molar refractivity (Wildman–Crippen MR) is 101 cm³/mol. The van der Waals surface area contributed by atoms with Gasteiger partial charge >= 0.3 is 0 Å². The van der Waals surface area contributed by atoms with E-state index in [1.165, 1.54) is 11.1 Å². The summed E-state index contributed by atoms with van der Waals surface area (Å²) < 4.78 is 5.85. The maximum Gasteiger partial charge on any atom is 0.261 e. The summed E-state index contributed by atoms with van der Waals surface area (Å²) in [5, 5.41) is 3.88. The largest absolute Gasteiger partial charge is 0.481 e. The molecule has 2 aromatic carbocycles. The molecular formula is C21H24ClNO2. The fourth-order valence-corrected chi connectivity index (χ4v) is 3.53. The molecule has 1 N–H and O–H groups in total. The van der Waals surface area contributed by atoms with E-state index in [0.717, 1.165) is 35.4 Å². The molecule has 0 fully saturated rings. The van der Waals surface area contributed by atoms with Crippen molar-refractivity contribution >= 4 is 17.5 Å². The van der Waals surface area contributed by atoms with E-state index in [2.05, 4.69) is 23.5 Å². The number of halogens is 1. The monoisotopic (exact) mass is 357 g/mol. The zero-order chi connectivity index (χ0) is 18.0. The van der Waals surface area contributed by atoms with Gasteiger partial charge in [0.05, 0.1) is 6.04 Å². The number of carbonyl (C=O) groups excluding carboxylic acids is 1. The molecule has 0 saturated carbocycles. The molecule has 25 heavy (non-hydrogen) atoms. The number of hydrogen-bond donors (Lipinski definition) is 1. The van der Waals surface area contributed by atoms with E-state index in [-0.39, 0.29) is 11.9 Å². The highest BCUT2D eigenvalue weighted by Crippen LogP contribution is 2.30. The van der Waals surface area contributed by atoms with Crippen molar-refractivity contribution in [3.8, 4) is 5.75 Å². The van der Waals surface area contributed by atoms with Crippen molar-refractivity contribution in [2.45, 2.75) is 52.2 Å². The normalized spacial score (nSPS) is 17.5.